The monoisotopic (exact) mass is 376 g/mol. The molecule has 2 nitrogen and oxygen atoms in total. The minimum Gasteiger partial charge on any atom is -0.428 e. The molecule has 0 heterocycles. The van der Waals surface area contributed by atoms with E-state index in [9.17, 15) is 0 Å². The van der Waals surface area contributed by atoms with Crippen LogP contribution in [-0.4, -0.2) is 5.11 Å². The predicted molar refractivity (Wildman–Crippen MR) is 60.1 cm³/mol. The van der Waals surface area contributed by atoms with Crippen molar-refractivity contribution in [3.8, 4) is 5.75 Å². The molecule has 0 saturated heterocycles. The Morgan fingerprint density at radius 2 is 1.82 bits per heavy atom. The molecule has 0 bridgehead atoms. The molecule has 0 aliphatic heterocycles. The average molecular weight is 376 g/mol. The number of alkyl halides is 1. The van der Waals surface area contributed by atoms with Crippen molar-refractivity contribution in [2.45, 2.75) is 4.11 Å². The molecule has 0 amide bonds. The van der Waals surface area contributed by atoms with E-state index < -0.39 is 4.11 Å². The molecular formula is C7H6I2O2. The Morgan fingerprint density at radius 1 is 1.27 bits per heavy atom. The van der Waals surface area contributed by atoms with E-state index in [1.165, 1.54) is 0 Å². The smallest absolute Gasteiger partial charge is 0.192 e. The summed E-state index contributed by atoms with van der Waals surface area (Å²) in [4.78, 5) is 0. The number of halogens is 2. The van der Waals surface area contributed by atoms with Gasteiger partial charge in [0.2, 0.25) is 0 Å². The van der Waals surface area contributed by atoms with Crippen LogP contribution in [0.2, 0.25) is 0 Å². The Balaban J connectivity index is 2.83. The van der Waals surface area contributed by atoms with Crippen molar-refractivity contribution in [2.24, 2.45) is 0 Å². The fourth-order valence-electron chi connectivity index (χ4n) is 0.678. The van der Waals surface area contributed by atoms with E-state index in [0.29, 0.717) is 0 Å². The summed E-state index contributed by atoms with van der Waals surface area (Å²) in [5.74, 6) is 0.798. The number of rotatable bonds is 2. The largest absolute Gasteiger partial charge is 0.428 e. The quantitative estimate of drug-likeness (QED) is 0.636. The van der Waals surface area contributed by atoms with Crippen LogP contribution in [-0.2, 0) is 0 Å². The number of aliphatic hydroxyl groups excluding tert-OH is 1. The second kappa shape index (κ2) is 4.46. The predicted octanol–water partition coefficient (Wildman–Crippen LogP) is 2.84. The van der Waals surface area contributed by atoms with Crippen LogP contribution in [0.5, 0.6) is 5.75 Å². The molecule has 0 fully saturated rings. The van der Waals surface area contributed by atoms with Gasteiger partial charge in [-0.25, -0.2) is 0 Å². The molecule has 1 atom stereocenters. The highest BCUT2D eigenvalue weighted by Gasteiger charge is 2.00. The summed E-state index contributed by atoms with van der Waals surface area (Å²) < 4.78 is 4.50. The van der Waals surface area contributed by atoms with Crippen molar-refractivity contribution in [3.63, 3.8) is 0 Å². The Morgan fingerprint density at radius 3 is 2.18 bits per heavy atom. The highest BCUT2D eigenvalue weighted by Crippen LogP contribution is 2.22. The molecule has 60 valence electrons. The first-order valence-corrected chi connectivity index (χ1v) is 5.07. The fourth-order valence-corrected chi connectivity index (χ4v) is 1.39. The summed E-state index contributed by atoms with van der Waals surface area (Å²) in [5, 5.41) is 9.13. The van der Waals surface area contributed by atoms with E-state index in [0.717, 1.165) is 11.3 Å². The molecule has 0 saturated carbocycles. The molecule has 1 aromatic rings. The van der Waals surface area contributed by atoms with Crippen molar-refractivity contribution < 1.29 is 8.17 Å². The summed E-state index contributed by atoms with van der Waals surface area (Å²) in [7, 11) is 0. The topological polar surface area (TPSA) is 29.5 Å². The molecule has 0 aromatic heterocycles. The summed E-state index contributed by atoms with van der Waals surface area (Å²) >= 11 is 3.76. The van der Waals surface area contributed by atoms with Gasteiger partial charge in [-0.05, 0) is 40.3 Å². The Hall–Kier alpha value is 0.440. The SMILES string of the molecule is OC(I)c1ccc(OI)cc1. The van der Waals surface area contributed by atoms with Crippen LogP contribution in [0.3, 0.4) is 0 Å². The summed E-state index contributed by atoms with van der Waals surface area (Å²) in [5.41, 5.74) is 0.891. The van der Waals surface area contributed by atoms with Gasteiger partial charge in [-0.15, -0.1) is 0 Å². The Kier molecular flexibility index (Phi) is 3.86. The molecule has 0 radical (unpaired) electrons. The van der Waals surface area contributed by atoms with E-state index in [1.54, 1.807) is 0 Å². The molecular weight excluding hydrogens is 370 g/mol. The van der Waals surface area contributed by atoms with Crippen LogP contribution < -0.4 is 3.07 Å². The molecule has 0 aliphatic carbocycles. The maximum absolute atomic E-state index is 9.13. The lowest BCUT2D eigenvalue weighted by molar-refractivity contribution is 0.286. The van der Waals surface area contributed by atoms with E-state index in [1.807, 2.05) is 69.9 Å². The normalized spacial score (nSPS) is 12.6. The van der Waals surface area contributed by atoms with E-state index in [4.69, 9.17) is 8.17 Å². The van der Waals surface area contributed by atoms with Crippen LogP contribution in [0.1, 0.15) is 9.67 Å². The van der Waals surface area contributed by atoms with Gasteiger partial charge in [-0.1, -0.05) is 12.1 Å². The molecule has 1 rings (SSSR count). The lowest BCUT2D eigenvalue weighted by Crippen LogP contribution is -1.85. The number of benzene rings is 1. The van der Waals surface area contributed by atoms with Crippen molar-refractivity contribution in [2.75, 3.05) is 0 Å². The van der Waals surface area contributed by atoms with Crippen molar-refractivity contribution >= 4 is 45.6 Å². The maximum Gasteiger partial charge on any atom is 0.192 e. The zero-order chi connectivity index (χ0) is 8.27. The second-order valence-electron chi connectivity index (χ2n) is 1.98. The van der Waals surface area contributed by atoms with Crippen molar-refractivity contribution in [1.82, 2.24) is 0 Å². The molecule has 1 aromatic carbocycles. The van der Waals surface area contributed by atoms with Gasteiger partial charge in [-0.3, -0.25) is 0 Å². The Labute approximate surface area is 92.8 Å². The first-order valence-electron chi connectivity index (χ1n) is 2.94. The zero-order valence-electron chi connectivity index (χ0n) is 5.50. The van der Waals surface area contributed by atoms with Gasteiger partial charge in [0.05, 0.1) is 0 Å². The molecule has 11 heavy (non-hydrogen) atoms. The minimum atomic E-state index is -0.434. The molecule has 4 heteroatoms. The highest BCUT2D eigenvalue weighted by atomic mass is 127. The number of hydrogen-bond donors (Lipinski definition) is 1. The van der Waals surface area contributed by atoms with Crippen LogP contribution in [0.15, 0.2) is 24.3 Å². The van der Waals surface area contributed by atoms with Gasteiger partial charge < -0.3 is 8.17 Å². The van der Waals surface area contributed by atoms with Crippen LogP contribution in [0, 0.1) is 0 Å². The van der Waals surface area contributed by atoms with Crippen LogP contribution >= 0.6 is 45.6 Å². The number of aliphatic hydroxyl groups is 1. The van der Waals surface area contributed by atoms with Gasteiger partial charge >= 0.3 is 0 Å². The maximum atomic E-state index is 9.13. The third-order valence-electron chi connectivity index (χ3n) is 1.24. The first-order chi connectivity index (χ1) is 5.24. The van der Waals surface area contributed by atoms with E-state index in [-0.39, 0.29) is 0 Å². The van der Waals surface area contributed by atoms with Crippen LogP contribution in [0.4, 0.5) is 0 Å². The Bertz CT molecular complexity index is 220. The van der Waals surface area contributed by atoms with Gasteiger partial charge in [-0.2, -0.15) is 0 Å². The van der Waals surface area contributed by atoms with Crippen LogP contribution in [0.25, 0.3) is 0 Å². The minimum absolute atomic E-state index is 0.434. The third kappa shape index (κ3) is 2.75. The van der Waals surface area contributed by atoms with Crippen molar-refractivity contribution in [1.29, 1.82) is 0 Å². The lowest BCUT2D eigenvalue weighted by Gasteiger charge is -2.02. The first kappa shape index (κ1) is 9.53. The average Bonchev–Trinajstić information content (AvgIpc) is 2.05. The van der Waals surface area contributed by atoms with E-state index in [2.05, 4.69) is 0 Å². The zero-order valence-corrected chi connectivity index (χ0v) is 9.81. The van der Waals surface area contributed by atoms with Gasteiger partial charge in [0.25, 0.3) is 0 Å². The van der Waals surface area contributed by atoms with Crippen molar-refractivity contribution in [3.05, 3.63) is 29.8 Å². The fraction of sp³-hybridized carbons (Fsp3) is 0.143. The standard InChI is InChI=1S/C7H6I2O2/c8-7(10)5-1-3-6(11-9)4-2-5/h1-4,7,10H. The van der Waals surface area contributed by atoms with Gasteiger partial charge in [0.15, 0.2) is 23.0 Å². The highest BCUT2D eigenvalue weighted by molar-refractivity contribution is 14.1. The van der Waals surface area contributed by atoms with Gasteiger partial charge in [0, 0.05) is 0 Å². The summed E-state index contributed by atoms with van der Waals surface area (Å²) in [6.45, 7) is 0. The molecule has 0 spiro atoms. The van der Waals surface area contributed by atoms with E-state index >= 15 is 0 Å². The second-order valence-corrected chi connectivity index (χ2v) is 3.60. The molecule has 1 N–H and O–H groups in total. The van der Waals surface area contributed by atoms with Gasteiger partial charge in [0.1, 0.15) is 9.86 Å². The molecule has 1 unspecified atom stereocenters. The number of hydrogen-bond acceptors (Lipinski definition) is 2. The lowest BCUT2D eigenvalue weighted by atomic mass is 10.2. The summed E-state index contributed by atoms with van der Waals surface area (Å²) in [6.07, 6.45) is 0. The summed E-state index contributed by atoms with van der Waals surface area (Å²) in [6, 6.07) is 7.32. The third-order valence-corrected chi connectivity index (χ3v) is 2.47. The molecule has 0 aliphatic rings.